The minimum Gasteiger partial charge on any atom is -0.462 e. The number of halogens is 2. The predicted molar refractivity (Wildman–Crippen MR) is 79.5 cm³/mol. The first-order valence-electron chi connectivity index (χ1n) is 8.09. The fourth-order valence-electron chi connectivity index (χ4n) is 2.98. The first-order valence-corrected chi connectivity index (χ1v) is 8.09. The molecule has 0 unspecified atom stereocenters. The monoisotopic (exact) mass is 319 g/mol. The Balaban J connectivity index is 2.36. The third kappa shape index (κ3) is 5.89. The van der Waals surface area contributed by atoms with Crippen molar-refractivity contribution in [3.8, 4) is 0 Å². The molecule has 0 bridgehead atoms. The number of nitrogens with one attached hydrogen (secondary N) is 1. The first-order chi connectivity index (χ1) is 10.3. The number of carbonyl (C=O) groups is 2. The van der Waals surface area contributed by atoms with Gasteiger partial charge in [0.15, 0.2) is 0 Å². The zero-order valence-electron chi connectivity index (χ0n) is 13.7. The molecule has 1 aliphatic carbocycles. The van der Waals surface area contributed by atoms with Crippen LogP contribution < -0.4 is 5.32 Å². The van der Waals surface area contributed by atoms with Crippen molar-refractivity contribution in [2.75, 3.05) is 13.2 Å². The normalized spacial score (nSPS) is 22.5. The third-order valence-corrected chi connectivity index (χ3v) is 4.08. The van der Waals surface area contributed by atoms with Gasteiger partial charge in [0.05, 0.1) is 13.2 Å². The maximum Gasteiger partial charge on any atom is 0.378 e. The maximum atomic E-state index is 13.4. The number of hydrogen-bond acceptors (Lipinski definition) is 3. The number of esters is 1. The van der Waals surface area contributed by atoms with E-state index in [2.05, 4.69) is 23.9 Å². The lowest BCUT2D eigenvalue weighted by Crippen LogP contribution is -2.45. The molecule has 0 aromatic carbocycles. The highest BCUT2D eigenvalue weighted by molar-refractivity contribution is 5.81. The van der Waals surface area contributed by atoms with E-state index in [1.165, 1.54) is 6.92 Å². The van der Waals surface area contributed by atoms with Crippen LogP contribution in [-0.2, 0) is 14.3 Å². The van der Waals surface area contributed by atoms with E-state index in [-0.39, 0.29) is 18.4 Å². The van der Waals surface area contributed by atoms with Gasteiger partial charge in [0, 0.05) is 5.92 Å². The van der Waals surface area contributed by atoms with Crippen LogP contribution in [0.15, 0.2) is 0 Å². The highest BCUT2D eigenvalue weighted by atomic mass is 19.3. The van der Waals surface area contributed by atoms with Gasteiger partial charge in [-0.05, 0) is 50.9 Å². The highest BCUT2D eigenvalue weighted by Gasteiger charge is 2.41. The third-order valence-electron chi connectivity index (χ3n) is 4.08. The van der Waals surface area contributed by atoms with Crippen molar-refractivity contribution >= 4 is 11.9 Å². The van der Waals surface area contributed by atoms with Crippen LogP contribution >= 0.6 is 0 Å². The van der Waals surface area contributed by atoms with Gasteiger partial charge in [0.1, 0.15) is 0 Å². The molecule has 1 fully saturated rings. The van der Waals surface area contributed by atoms with Gasteiger partial charge in [-0.25, -0.2) is 4.79 Å². The SMILES string of the molecule is CCOC(=O)C(F)(F)CNC(=O)C1CCC(CC(C)C)CC1. The fourth-order valence-corrected chi connectivity index (χ4v) is 2.98. The number of hydrogen-bond donors (Lipinski definition) is 1. The van der Waals surface area contributed by atoms with Crippen molar-refractivity contribution in [1.29, 1.82) is 0 Å². The van der Waals surface area contributed by atoms with Gasteiger partial charge in [-0.3, -0.25) is 4.79 Å². The van der Waals surface area contributed by atoms with Crippen LogP contribution in [-0.4, -0.2) is 31.0 Å². The Morgan fingerprint density at radius 2 is 1.82 bits per heavy atom. The van der Waals surface area contributed by atoms with Crippen LogP contribution in [0.25, 0.3) is 0 Å². The molecule has 0 heterocycles. The molecule has 1 amide bonds. The second-order valence-electron chi connectivity index (χ2n) is 6.49. The molecule has 0 saturated heterocycles. The summed E-state index contributed by atoms with van der Waals surface area (Å²) in [6, 6.07) is 0. The van der Waals surface area contributed by atoms with Gasteiger partial charge in [0.2, 0.25) is 5.91 Å². The molecule has 1 N–H and O–H groups in total. The molecule has 4 nitrogen and oxygen atoms in total. The van der Waals surface area contributed by atoms with E-state index in [1.54, 1.807) is 0 Å². The zero-order valence-corrected chi connectivity index (χ0v) is 13.7. The molecule has 22 heavy (non-hydrogen) atoms. The average Bonchev–Trinajstić information content (AvgIpc) is 2.45. The summed E-state index contributed by atoms with van der Waals surface area (Å²) in [6.07, 6.45) is 4.53. The van der Waals surface area contributed by atoms with E-state index in [0.717, 1.165) is 32.1 Å². The summed E-state index contributed by atoms with van der Waals surface area (Å²) in [6.45, 7) is 4.72. The van der Waals surface area contributed by atoms with E-state index in [0.29, 0.717) is 11.8 Å². The fraction of sp³-hybridized carbons (Fsp3) is 0.875. The Kier molecular flexibility index (Phi) is 7.23. The van der Waals surface area contributed by atoms with Crippen LogP contribution in [0.2, 0.25) is 0 Å². The van der Waals surface area contributed by atoms with Gasteiger partial charge in [0.25, 0.3) is 0 Å². The Morgan fingerprint density at radius 3 is 2.32 bits per heavy atom. The van der Waals surface area contributed by atoms with Crippen LogP contribution in [0.1, 0.15) is 52.9 Å². The lowest BCUT2D eigenvalue weighted by molar-refractivity contribution is -0.171. The van der Waals surface area contributed by atoms with Gasteiger partial charge in [-0.15, -0.1) is 0 Å². The van der Waals surface area contributed by atoms with Crippen LogP contribution in [0, 0.1) is 17.8 Å². The number of carbonyl (C=O) groups excluding carboxylic acids is 2. The molecular weight excluding hydrogens is 292 g/mol. The largest absolute Gasteiger partial charge is 0.462 e. The van der Waals surface area contributed by atoms with Crippen molar-refractivity contribution in [3.63, 3.8) is 0 Å². The molecule has 6 heteroatoms. The molecule has 1 saturated carbocycles. The van der Waals surface area contributed by atoms with E-state index in [1.807, 2.05) is 0 Å². The average molecular weight is 319 g/mol. The lowest BCUT2D eigenvalue weighted by Gasteiger charge is -2.29. The van der Waals surface area contributed by atoms with Gasteiger partial charge in [-0.1, -0.05) is 13.8 Å². The number of rotatable bonds is 7. The topological polar surface area (TPSA) is 55.4 Å². The molecule has 0 aliphatic heterocycles. The molecule has 128 valence electrons. The quantitative estimate of drug-likeness (QED) is 0.733. The number of amides is 1. The summed E-state index contributed by atoms with van der Waals surface area (Å²) in [5, 5.41) is 2.20. The molecule has 1 aliphatic rings. The molecule has 0 radical (unpaired) electrons. The van der Waals surface area contributed by atoms with Crippen LogP contribution in [0.5, 0.6) is 0 Å². The molecule has 0 atom stereocenters. The van der Waals surface area contributed by atoms with E-state index in [9.17, 15) is 18.4 Å². The Bertz CT molecular complexity index is 378. The minimum atomic E-state index is -3.67. The lowest BCUT2D eigenvalue weighted by atomic mass is 9.78. The highest BCUT2D eigenvalue weighted by Crippen LogP contribution is 2.32. The second kappa shape index (κ2) is 8.44. The Hall–Kier alpha value is -1.20. The standard InChI is InChI=1S/C16H27F2NO3/c1-4-22-15(21)16(17,18)10-19-14(20)13-7-5-12(6-8-13)9-11(2)3/h11-13H,4-10H2,1-3H3,(H,19,20). The summed E-state index contributed by atoms with van der Waals surface area (Å²) in [4.78, 5) is 23.0. The Morgan fingerprint density at radius 1 is 1.23 bits per heavy atom. The second-order valence-corrected chi connectivity index (χ2v) is 6.49. The van der Waals surface area contributed by atoms with Crippen molar-refractivity contribution < 1.29 is 23.1 Å². The van der Waals surface area contributed by atoms with Crippen LogP contribution in [0.3, 0.4) is 0 Å². The van der Waals surface area contributed by atoms with Crippen molar-refractivity contribution in [2.24, 2.45) is 17.8 Å². The van der Waals surface area contributed by atoms with Crippen molar-refractivity contribution in [3.05, 3.63) is 0 Å². The molecule has 0 aromatic rings. The summed E-state index contributed by atoms with van der Waals surface area (Å²) in [7, 11) is 0. The smallest absolute Gasteiger partial charge is 0.378 e. The van der Waals surface area contributed by atoms with E-state index < -0.39 is 18.4 Å². The van der Waals surface area contributed by atoms with Crippen molar-refractivity contribution in [1.82, 2.24) is 5.32 Å². The van der Waals surface area contributed by atoms with Gasteiger partial charge >= 0.3 is 11.9 Å². The molecule has 0 aromatic heterocycles. The van der Waals surface area contributed by atoms with Gasteiger partial charge in [-0.2, -0.15) is 8.78 Å². The van der Waals surface area contributed by atoms with E-state index in [4.69, 9.17) is 0 Å². The predicted octanol–water partition coefficient (Wildman–Crippen LogP) is 3.15. The maximum absolute atomic E-state index is 13.4. The minimum absolute atomic E-state index is 0.109. The number of ether oxygens (including phenoxy) is 1. The molecular formula is C16H27F2NO3. The zero-order chi connectivity index (χ0) is 16.8. The Labute approximate surface area is 131 Å². The van der Waals surface area contributed by atoms with E-state index >= 15 is 0 Å². The summed E-state index contributed by atoms with van der Waals surface area (Å²) >= 11 is 0. The summed E-state index contributed by atoms with van der Waals surface area (Å²) in [5.41, 5.74) is 0. The van der Waals surface area contributed by atoms with Crippen LogP contribution in [0.4, 0.5) is 8.78 Å². The van der Waals surface area contributed by atoms with Gasteiger partial charge < -0.3 is 10.1 Å². The summed E-state index contributed by atoms with van der Waals surface area (Å²) in [5.74, 6) is -4.59. The number of alkyl halides is 2. The first kappa shape index (κ1) is 18.8. The molecule has 1 rings (SSSR count). The summed E-state index contributed by atoms with van der Waals surface area (Å²) < 4.78 is 31.2. The van der Waals surface area contributed by atoms with Crippen molar-refractivity contribution in [2.45, 2.75) is 58.8 Å². The molecule has 0 spiro atoms.